The Kier molecular flexibility index (Phi) is 7.94. The van der Waals surface area contributed by atoms with Crippen LogP contribution in [0.2, 0.25) is 0 Å². The van der Waals surface area contributed by atoms with E-state index in [1.165, 1.54) is 23.3 Å². The van der Waals surface area contributed by atoms with Crippen molar-refractivity contribution in [1.29, 1.82) is 0 Å². The van der Waals surface area contributed by atoms with Crippen molar-refractivity contribution in [1.82, 2.24) is 9.80 Å². The van der Waals surface area contributed by atoms with Crippen molar-refractivity contribution >= 4 is 6.09 Å². The second kappa shape index (κ2) is 9.81. The lowest BCUT2D eigenvalue weighted by atomic mass is 9.74. The molecule has 1 saturated heterocycles. The molecule has 1 fully saturated rings. The summed E-state index contributed by atoms with van der Waals surface area (Å²) >= 11 is 0. The Bertz CT molecular complexity index is 673. The fraction of sp³-hybridized carbons (Fsp3) is 0.696. The monoisotopic (exact) mass is 406 g/mol. The highest BCUT2D eigenvalue weighted by Crippen LogP contribution is 2.37. The Morgan fingerprint density at radius 3 is 2.72 bits per heavy atom. The minimum atomic E-state index is -1.13. The SMILES string of the molecule is CC[C@@]1(c2cccc(OC(O)CN(C)C(=O)OC(C)(C)C)c2)CCCCN(C)C1. The predicted octanol–water partition coefficient (Wildman–Crippen LogP) is 4.01. The zero-order valence-electron chi connectivity index (χ0n) is 18.9. The lowest BCUT2D eigenvalue weighted by molar-refractivity contribution is -0.0431. The van der Waals surface area contributed by atoms with E-state index in [1.54, 1.807) is 7.05 Å². The third kappa shape index (κ3) is 6.89. The number of carbonyl (C=O) groups excluding carboxylic acids is 1. The van der Waals surface area contributed by atoms with Gasteiger partial charge in [0.15, 0.2) is 0 Å². The summed E-state index contributed by atoms with van der Waals surface area (Å²) in [5, 5.41) is 10.4. The zero-order chi connectivity index (χ0) is 21.7. The zero-order valence-corrected chi connectivity index (χ0v) is 18.9. The molecule has 1 amide bonds. The summed E-state index contributed by atoms with van der Waals surface area (Å²) < 4.78 is 11.1. The number of nitrogens with zero attached hydrogens (tertiary/aromatic N) is 2. The Balaban J connectivity index is 2.06. The van der Waals surface area contributed by atoms with Gasteiger partial charge >= 0.3 is 6.09 Å². The first kappa shape index (κ1) is 23.5. The average Bonchev–Trinajstić information content (AvgIpc) is 2.82. The number of ether oxygens (including phenoxy) is 2. The Hall–Kier alpha value is -1.79. The number of benzene rings is 1. The van der Waals surface area contributed by atoms with Crippen molar-refractivity contribution in [3.63, 3.8) is 0 Å². The maximum Gasteiger partial charge on any atom is 0.410 e. The van der Waals surface area contributed by atoms with E-state index in [1.807, 2.05) is 39.0 Å². The van der Waals surface area contributed by atoms with Crippen LogP contribution in [-0.2, 0) is 10.2 Å². The third-order valence-electron chi connectivity index (χ3n) is 5.55. The van der Waals surface area contributed by atoms with E-state index >= 15 is 0 Å². The van der Waals surface area contributed by atoms with Crippen molar-refractivity contribution < 1.29 is 19.4 Å². The van der Waals surface area contributed by atoms with Gasteiger partial charge in [-0.2, -0.15) is 0 Å². The summed E-state index contributed by atoms with van der Waals surface area (Å²) in [6, 6.07) is 8.04. The van der Waals surface area contributed by atoms with E-state index in [2.05, 4.69) is 24.9 Å². The molecular weight excluding hydrogens is 368 g/mol. The maximum atomic E-state index is 12.1. The first-order chi connectivity index (χ1) is 13.5. The molecule has 6 heteroatoms. The molecule has 164 valence electrons. The standard InChI is InChI=1S/C23H38N2O4/c1-7-23(13-8-9-14-24(5)17-23)18-11-10-12-19(15-18)28-20(26)16-25(6)21(27)29-22(2,3)4/h10-12,15,20,26H,7-9,13-14,16-17H2,1-6H3/t20?,23-/m1/s1. The van der Waals surface area contributed by atoms with Crippen LogP contribution < -0.4 is 4.74 Å². The van der Waals surface area contributed by atoms with Crippen LogP contribution >= 0.6 is 0 Å². The number of likely N-dealkylation sites (N-methyl/N-ethyl adjacent to an activating group) is 2. The fourth-order valence-corrected chi connectivity index (χ4v) is 3.99. The molecule has 0 bridgehead atoms. The highest BCUT2D eigenvalue weighted by atomic mass is 16.6. The topological polar surface area (TPSA) is 62.2 Å². The van der Waals surface area contributed by atoms with E-state index in [9.17, 15) is 9.90 Å². The molecule has 29 heavy (non-hydrogen) atoms. The lowest BCUT2D eigenvalue weighted by Crippen LogP contribution is -2.40. The maximum absolute atomic E-state index is 12.1. The van der Waals surface area contributed by atoms with Crippen molar-refractivity contribution in [2.24, 2.45) is 0 Å². The van der Waals surface area contributed by atoms with Gasteiger partial charge in [-0.15, -0.1) is 0 Å². The normalized spacial score (nSPS) is 21.9. The Labute approximate surface area is 175 Å². The number of aliphatic hydroxyl groups is 1. The highest BCUT2D eigenvalue weighted by Gasteiger charge is 2.33. The Morgan fingerprint density at radius 1 is 1.34 bits per heavy atom. The molecule has 2 atom stereocenters. The minimum Gasteiger partial charge on any atom is -0.463 e. The smallest absolute Gasteiger partial charge is 0.410 e. The van der Waals surface area contributed by atoms with Crippen LogP contribution in [0.4, 0.5) is 4.79 Å². The van der Waals surface area contributed by atoms with Crippen LogP contribution in [0.25, 0.3) is 0 Å². The molecule has 1 heterocycles. The number of carbonyl (C=O) groups is 1. The summed E-state index contributed by atoms with van der Waals surface area (Å²) in [7, 11) is 3.77. The van der Waals surface area contributed by atoms with E-state index in [-0.39, 0.29) is 12.0 Å². The minimum absolute atomic E-state index is 0.0286. The lowest BCUT2D eigenvalue weighted by Gasteiger charge is -2.35. The second-order valence-electron chi connectivity index (χ2n) is 9.29. The molecule has 6 nitrogen and oxygen atoms in total. The highest BCUT2D eigenvalue weighted by molar-refractivity contribution is 5.67. The van der Waals surface area contributed by atoms with Crippen LogP contribution in [0.15, 0.2) is 24.3 Å². The van der Waals surface area contributed by atoms with Gasteiger partial charge < -0.3 is 24.4 Å². The van der Waals surface area contributed by atoms with E-state index in [4.69, 9.17) is 9.47 Å². The molecule has 1 aromatic carbocycles. The van der Waals surface area contributed by atoms with E-state index in [0.29, 0.717) is 5.75 Å². The first-order valence-corrected chi connectivity index (χ1v) is 10.6. The largest absolute Gasteiger partial charge is 0.463 e. The van der Waals surface area contributed by atoms with Gasteiger partial charge in [0.05, 0.1) is 6.54 Å². The number of likely N-dealkylation sites (tertiary alicyclic amines) is 1. The molecule has 0 aliphatic carbocycles. The molecular formula is C23H38N2O4. The first-order valence-electron chi connectivity index (χ1n) is 10.6. The fourth-order valence-electron chi connectivity index (χ4n) is 3.99. The van der Waals surface area contributed by atoms with Gasteiger partial charge in [0, 0.05) is 19.0 Å². The van der Waals surface area contributed by atoms with Gasteiger partial charge in [0.2, 0.25) is 6.29 Å². The van der Waals surface area contributed by atoms with E-state index < -0.39 is 18.0 Å². The second-order valence-corrected chi connectivity index (χ2v) is 9.29. The molecule has 0 spiro atoms. The molecule has 1 unspecified atom stereocenters. The number of amides is 1. The summed E-state index contributed by atoms with van der Waals surface area (Å²) in [5.74, 6) is 0.618. The molecule has 1 aliphatic heterocycles. The van der Waals surface area contributed by atoms with Crippen molar-refractivity contribution in [2.75, 3.05) is 33.7 Å². The van der Waals surface area contributed by atoms with Crippen molar-refractivity contribution in [2.45, 2.75) is 70.7 Å². The van der Waals surface area contributed by atoms with Gasteiger partial charge in [-0.25, -0.2) is 4.79 Å². The predicted molar refractivity (Wildman–Crippen MR) is 115 cm³/mol. The van der Waals surface area contributed by atoms with Gasteiger partial charge in [0.1, 0.15) is 11.4 Å². The van der Waals surface area contributed by atoms with Crippen molar-refractivity contribution in [3.05, 3.63) is 29.8 Å². The summed E-state index contributed by atoms with van der Waals surface area (Å²) in [6.07, 6.45) is 3.04. The molecule has 0 radical (unpaired) electrons. The van der Waals surface area contributed by atoms with Crippen LogP contribution in [0, 0.1) is 0 Å². The number of hydrogen-bond acceptors (Lipinski definition) is 5. The number of aliphatic hydroxyl groups excluding tert-OH is 1. The number of hydrogen-bond donors (Lipinski definition) is 1. The van der Waals surface area contributed by atoms with Crippen LogP contribution in [0.5, 0.6) is 5.75 Å². The van der Waals surface area contributed by atoms with Gasteiger partial charge in [-0.1, -0.05) is 25.5 Å². The molecule has 1 N–H and O–H groups in total. The summed E-state index contributed by atoms with van der Waals surface area (Å²) in [5.41, 5.74) is 0.772. The average molecular weight is 407 g/mol. The molecule has 2 rings (SSSR count). The van der Waals surface area contributed by atoms with Crippen LogP contribution in [-0.4, -0.2) is 66.6 Å². The molecule has 1 aliphatic rings. The molecule has 0 aromatic heterocycles. The van der Waals surface area contributed by atoms with E-state index in [0.717, 1.165) is 25.9 Å². The summed E-state index contributed by atoms with van der Waals surface area (Å²) in [4.78, 5) is 15.8. The van der Waals surface area contributed by atoms with Gasteiger partial charge in [-0.3, -0.25) is 0 Å². The van der Waals surface area contributed by atoms with Gasteiger partial charge in [-0.05, 0) is 71.3 Å². The van der Waals surface area contributed by atoms with Crippen LogP contribution in [0.3, 0.4) is 0 Å². The van der Waals surface area contributed by atoms with Crippen LogP contribution in [0.1, 0.15) is 58.9 Å². The Morgan fingerprint density at radius 2 is 2.07 bits per heavy atom. The summed E-state index contributed by atoms with van der Waals surface area (Å²) in [6.45, 7) is 9.87. The third-order valence-corrected chi connectivity index (χ3v) is 5.55. The van der Waals surface area contributed by atoms with Gasteiger partial charge in [0.25, 0.3) is 0 Å². The quantitative estimate of drug-likeness (QED) is 0.723. The number of rotatable bonds is 6. The van der Waals surface area contributed by atoms with Crippen molar-refractivity contribution in [3.8, 4) is 5.75 Å². The molecule has 1 aromatic rings. The molecule has 0 saturated carbocycles.